The number of thiocarbonyl (C=S) groups is 1. The normalized spacial score (nSPS) is 9.79. The maximum absolute atomic E-state index is 4.55. The van der Waals surface area contributed by atoms with Gasteiger partial charge in [-0.25, -0.2) is 0 Å². The highest BCUT2D eigenvalue weighted by Gasteiger charge is 1.96. The van der Waals surface area contributed by atoms with Crippen LogP contribution in [0.15, 0.2) is 35.3 Å². The number of hydrogen-bond donors (Lipinski definition) is 0. The number of aliphatic imine (C=N–C) groups is 1. The highest BCUT2D eigenvalue weighted by Crippen LogP contribution is 2.19. The van der Waals surface area contributed by atoms with Crippen LogP contribution >= 0.6 is 12.2 Å². The van der Waals surface area contributed by atoms with Crippen LogP contribution in [-0.2, 0) is 0 Å². The maximum Gasteiger partial charge on any atom is 0.0747 e. The Balaban J connectivity index is 2.67. The number of hydrogen-bond acceptors (Lipinski definition) is 3. The van der Waals surface area contributed by atoms with Crippen molar-refractivity contribution >= 4 is 34.0 Å². The SMILES string of the molecule is Cc1ccc2cc(N=C=S)ccc2n1. The number of nitrogens with zero attached hydrogens (tertiary/aromatic N) is 2. The van der Waals surface area contributed by atoms with Crippen molar-refractivity contribution in [3.63, 3.8) is 0 Å². The van der Waals surface area contributed by atoms with Crippen molar-refractivity contribution in [1.82, 2.24) is 4.98 Å². The molecule has 68 valence electrons. The molecule has 3 heteroatoms. The van der Waals surface area contributed by atoms with Gasteiger partial charge in [0.15, 0.2) is 0 Å². The molecule has 0 aliphatic heterocycles. The fourth-order valence-corrected chi connectivity index (χ4v) is 1.44. The lowest BCUT2D eigenvalue weighted by Crippen LogP contribution is -1.81. The summed E-state index contributed by atoms with van der Waals surface area (Å²) >= 11 is 4.55. The number of fused-ring (bicyclic) bond motifs is 1. The topological polar surface area (TPSA) is 25.2 Å². The number of aromatic nitrogens is 1. The Labute approximate surface area is 87.3 Å². The molecule has 0 N–H and O–H groups in total. The predicted molar refractivity (Wildman–Crippen MR) is 61.2 cm³/mol. The van der Waals surface area contributed by atoms with Crippen molar-refractivity contribution in [1.29, 1.82) is 0 Å². The van der Waals surface area contributed by atoms with Gasteiger partial charge in [0.2, 0.25) is 0 Å². The molecule has 0 aliphatic carbocycles. The Kier molecular flexibility index (Phi) is 2.35. The molecule has 0 bridgehead atoms. The summed E-state index contributed by atoms with van der Waals surface area (Å²) in [7, 11) is 0. The minimum absolute atomic E-state index is 0.818. The maximum atomic E-state index is 4.55. The standard InChI is InChI=1S/C11H8N2S/c1-8-2-3-9-6-10(12-7-14)4-5-11(9)13-8/h2-6H,1H3. The van der Waals surface area contributed by atoms with Crippen LogP contribution in [0.3, 0.4) is 0 Å². The molecule has 2 nitrogen and oxygen atoms in total. The highest BCUT2D eigenvalue weighted by atomic mass is 32.1. The van der Waals surface area contributed by atoms with Gasteiger partial charge in [0.25, 0.3) is 0 Å². The first kappa shape index (κ1) is 9.00. The smallest absolute Gasteiger partial charge is 0.0747 e. The first-order chi connectivity index (χ1) is 6.79. The number of rotatable bonds is 1. The van der Waals surface area contributed by atoms with E-state index in [1.165, 1.54) is 0 Å². The Hall–Kier alpha value is -1.57. The van der Waals surface area contributed by atoms with E-state index in [0.29, 0.717) is 0 Å². The van der Waals surface area contributed by atoms with Crippen LogP contribution in [0.4, 0.5) is 5.69 Å². The van der Waals surface area contributed by atoms with Gasteiger partial charge >= 0.3 is 0 Å². The average Bonchev–Trinajstić information content (AvgIpc) is 2.19. The Morgan fingerprint density at radius 1 is 1.29 bits per heavy atom. The molecule has 1 heterocycles. The number of pyridine rings is 1. The van der Waals surface area contributed by atoms with Crippen molar-refractivity contribution in [2.45, 2.75) is 6.92 Å². The van der Waals surface area contributed by atoms with Gasteiger partial charge in [-0.15, -0.1) is 0 Å². The quantitative estimate of drug-likeness (QED) is 0.521. The number of isothiocyanates is 1. The van der Waals surface area contributed by atoms with Gasteiger partial charge in [-0.05, 0) is 43.4 Å². The third kappa shape index (κ3) is 1.69. The van der Waals surface area contributed by atoms with Gasteiger partial charge in [0.1, 0.15) is 0 Å². The van der Waals surface area contributed by atoms with E-state index in [4.69, 9.17) is 0 Å². The Bertz CT molecular complexity index is 528. The number of aryl methyl sites for hydroxylation is 1. The molecule has 0 saturated heterocycles. The molecule has 0 aliphatic rings. The monoisotopic (exact) mass is 200 g/mol. The fraction of sp³-hybridized carbons (Fsp3) is 0.0909. The molecule has 2 rings (SSSR count). The van der Waals surface area contributed by atoms with E-state index in [1.54, 1.807) is 0 Å². The van der Waals surface area contributed by atoms with E-state index >= 15 is 0 Å². The molecular formula is C11H8N2S. The van der Waals surface area contributed by atoms with Gasteiger partial charge in [-0.3, -0.25) is 4.98 Å². The molecule has 0 amide bonds. The van der Waals surface area contributed by atoms with Crippen molar-refractivity contribution in [2.75, 3.05) is 0 Å². The molecule has 0 unspecified atom stereocenters. The summed E-state index contributed by atoms with van der Waals surface area (Å²) in [5, 5.41) is 3.42. The molecule has 1 aromatic carbocycles. The van der Waals surface area contributed by atoms with E-state index in [1.807, 2.05) is 37.3 Å². The molecule has 1 aromatic heterocycles. The molecule has 0 spiro atoms. The van der Waals surface area contributed by atoms with Crippen LogP contribution in [0, 0.1) is 6.92 Å². The van der Waals surface area contributed by atoms with Gasteiger partial charge in [0.05, 0.1) is 16.4 Å². The molecule has 0 atom stereocenters. The summed E-state index contributed by atoms with van der Waals surface area (Å²) in [6.45, 7) is 1.97. The molecular weight excluding hydrogens is 192 g/mol. The van der Waals surface area contributed by atoms with Crippen molar-refractivity contribution in [3.05, 3.63) is 36.0 Å². The van der Waals surface area contributed by atoms with Gasteiger partial charge < -0.3 is 0 Å². The van der Waals surface area contributed by atoms with Crippen molar-refractivity contribution in [3.8, 4) is 0 Å². The third-order valence-electron chi connectivity index (χ3n) is 1.99. The largest absolute Gasteiger partial charge is 0.253 e. The van der Waals surface area contributed by atoms with E-state index < -0.39 is 0 Å². The molecule has 2 aromatic rings. The van der Waals surface area contributed by atoms with Crippen LogP contribution in [0.5, 0.6) is 0 Å². The Morgan fingerprint density at radius 2 is 2.14 bits per heavy atom. The fourth-order valence-electron chi connectivity index (χ4n) is 1.34. The van der Waals surface area contributed by atoms with Crippen LogP contribution < -0.4 is 0 Å². The zero-order valence-electron chi connectivity index (χ0n) is 7.69. The Morgan fingerprint density at radius 3 is 2.93 bits per heavy atom. The first-order valence-corrected chi connectivity index (χ1v) is 4.66. The number of benzene rings is 1. The van der Waals surface area contributed by atoms with E-state index in [-0.39, 0.29) is 0 Å². The summed E-state index contributed by atoms with van der Waals surface area (Å²) in [6, 6.07) is 9.77. The van der Waals surface area contributed by atoms with Crippen molar-refractivity contribution in [2.24, 2.45) is 4.99 Å². The summed E-state index contributed by atoms with van der Waals surface area (Å²) in [4.78, 5) is 8.31. The zero-order valence-corrected chi connectivity index (χ0v) is 8.51. The molecule has 0 saturated carbocycles. The van der Waals surface area contributed by atoms with Crippen LogP contribution in [0.1, 0.15) is 5.69 Å². The van der Waals surface area contributed by atoms with Crippen LogP contribution in [0.2, 0.25) is 0 Å². The van der Waals surface area contributed by atoms with E-state index in [0.717, 1.165) is 22.3 Å². The molecule has 14 heavy (non-hydrogen) atoms. The average molecular weight is 200 g/mol. The minimum Gasteiger partial charge on any atom is -0.253 e. The summed E-state index contributed by atoms with van der Waals surface area (Å²) in [5.41, 5.74) is 2.81. The van der Waals surface area contributed by atoms with E-state index in [9.17, 15) is 0 Å². The second-order valence-electron chi connectivity index (χ2n) is 3.03. The summed E-state index contributed by atoms with van der Waals surface area (Å²) in [5.74, 6) is 0. The van der Waals surface area contributed by atoms with Crippen LogP contribution in [-0.4, -0.2) is 10.1 Å². The lowest BCUT2D eigenvalue weighted by molar-refractivity contribution is 1.25. The van der Waals surface area contributed by atoms with Gasteiger partial charge in [-0.1, -0.05) is 6.07 Å². The zero-order chi connectivity index (χ0) is 9.97. The third-order valence-corrected chi connectivity index (χ3v) is 2.08. The second-order valence-corrected chi connectivity index (χ2v) is 3.22. The first-order valence-electron chi connectivity index (χ1n) is 4.25. The lowest BCUT2D eigenvalue weighted by Gasteiger charge is -1.98. The van der Waals surface area contributed by atoms with Gasteiger partial charge in [0, 0.05) is 11.1 Å². The molecule has 0 fully saturated rings. The van der Waals surface area contributed by atoms with Crippen LogP contribution in [0.25, 0.3) is 10.9 Å². The van der Waals surface area contributed by atoms with Gasteiger partial charge in [-0.2, -0.15) is 4.99 Å². The summed E-state index contributed by atoms with van der Waals surface area (Å²) < 4.78 is 0. The lowest BCUT2D eigenvalue weighted by atomic mass is 10.2. The van der Waals surface area contributed by atoms with E-state index in [2.05, 4.69) is 27.4 Å². The highest BCUT2D eigenvalue weighted by molar-refractivity contribution is 7.78. The second kappa shape index (κ2) is 3.66. The minimum atomic E-state index is 0.818. The molecule has 0 radical (unpaired) electrons. The summed E-state index contributed by atoms with van der Waals surface area (Å²) in [6.07, 6.45) is 0. The predicted octanol–water partition coefficient (Wildman–Crippen LogP) is 3.28. The van der Waals surface area contributed by atoms with Crippen molar-refractivity contribution < 1.29 is 0 Å².